The molecule has 0 spiro atoms. The predicted molar refractivity (Wildman–Crippen MR) is 58.5 cm³/mol. The summed E-state index contributed by atoms with van der Waals surface area (Å²) in [6.45, 7) is 8.73. The number of hydrogen-bond donors (Lipinski definition) is 0. The zero-order valence-corrected chi connectivity index (χ0v) is 10.8. The van der Waals surface area contributed by atoms with Crippen LogP contribution in [0, 0.1) is 0 Å². The van der Waals surface area contributed by atoms with Crippen LogP contribution in [0.1, 0.15) is 27.7 Å². The van der Waals surface area contributed by atoms with Crippen LogP contribution in [0.3, 0.4) is 0 Å². The Morgan fingerprint density at radius 3 is 1.53 bits per heavy atom. The summed E-state index contributed by atoms with van der Waals surface area (Å²) in [6.07, 6.45) is -0.367. The van der Waals surface area contributed by atoms with Crippen molar-refractivity contribution in [2.75, 3.05) is 13.2 Å². The minimum atomic E-state index is -0.573. The van der Waals surface area contributed by atoms with Gasteiger partial charge in [-0.25, -0.2) is 0 Å². The zero-order chi connectivity index (χ0) is 12.3. The van der Waals surface area contributed by atoms with E-state index in [4.69, 9.17) is 23.7 Å². The molecule has 3 saturated heterocycles. The average Bonchev–Trinajstić information content (AvgIpc) is 2.59. The molecule has 3 heterocycles. The Labute approximate surface area is 101 Å². The standard InChI is InChI=1S/C12H20O5/c1-11(2)14-7-5-13-6-8-10(9(7)16-11)17-12(3,4)15-8/h7-10H,5-6H2,1-4H3/t7-,8-,9-,10-/m1/s1. The molecule has 0 amide bonds. The average molecular weight is 244 g/mol. The number of ether oxygens (including phenoxy) is 5. The van der Waals surface area contributed by atoms with Crippen LogP contribution >= 0.6 is 0 Å². The Morgan fingerprint density at radius 2 is 1.12 bits per heavy atom. The molecule has 0 N–H and O–H groups in total. The van der Waals surface area contributed by atoms with Crippen LogP contribution in [0.4, 0.5) is 0 Å². The molecule has 0 bridgehead atoms. The van der Waals surface area contributed by atoms with Crippen molar-refractivity contribution >= 4 is 0 Å². The Balaban J connectivity index is 1.83. The van der Waals surface area contributed by atoms with Gasteiger partial charge in [-0.15, -0.1) is 0 Å². The van der Waals surface area contributed by atoms with Crippen LogP contribution in [0.5, 0.6) is 0 Å². The second-order valence-electron chi connectivity index (χ2n) is 5.81. The minimum absolute atomic E-state index is 0.0718. The van der Waals surface area contributed by atoms with Gasteiger partial charge in [0.05, 0.1) is 13.2 Å². The first-order chi connectivity index (χ1) is 7.86. The summed E-state index contributed by atoms with van der Waals surface area (Å²) in [7, 11) is 0. The SMILES string of the molecule is CC1(C)O[C@H]2[C@@H]3OC(C)(C)O[C@@H]3COC[C@H]2O1. The second kappa shape index (κ2) is 3.65. The molecule has 3 fully saturated rings. The molecule has 5 heteroatoms. The molecule has 0 aromatic rings. The molecule has 3 rings (SSSR count). The fraction of sp³-hybridized carbons (Fsp3) is 1.00. The number of hydrogen-bond acceptors (Lipinski definition) is 5. The van der Waals surface area contributed by atoms with E-state index in [1.165, 1.54) is 0 Å². The molecular formula is C12H20O5. The highest BCUT2D eigenvalue weighted by Crippen LogP contribution is 2.39. The van der Waals surface area contributed by atoms with Crippen LogP contribution in [-0.2, 0) is 23.7 Å². The molecular weight excluding hydrogens is 224 g/mol. The molecule has 98 valence electrons. The predicted octanol–water partition coefficient (Wildman–Crippen LogP) is 1.06. The monoisotopic (exact) mass is 244 g/mol. The molecule has 0 aromatic carbocycles. The van der Waals surface area contributed by atoms with Crippen LogP contribution < -0.4 is 0 Å². The molecule has 3 aliphatic heterocycles. The summed E-state index contributed by atoms with van der Waals surface area (Å²) < 4.78 is 29.1. The van der Waals surface area contributed by atoms with Gasteiger partial charge in [-0.05, 0) is 27.7 Å². The van der Waals surface area contributed by atoms with Gasteiger partial charge >= 0.3 is 0 Å². The van der Waals surface area contributed by atoms with Gasteiger partial charge in [0, 0.05) is 0 Å². The Hall–Kier alpha value is -0.200. The topological polar surface area (TPSA) is 46.2 Å². The highest BCUT2D eigenvalue weighted by molar-refractivity contribution is 4.96. The van der Waals surface area contributed by atoms with Crippen LogP contribution in [0.15, 0.2) is 0 Å². The van der Waals surface area contributed by atoms with Crippen molar-refractivity contribution in [2.45, 2.75) is 63.7 Å². The maximum atomic E-state index is 5.93. The first kappa shape index (κ1) is 11.9. The first-order valence-corrected chi connectivity index (χ1v) is 6.15. The second-order valence-corrected chi connectivity index (χ2v) is 5.81. The minimum Gasteiger partial charge on any atom is -0.376 e. The maximum absolute atomic E-state index is 5.93. The van der Waals surface area contributed by atoms with Crippen molar-refractivity contribution in [2.24, 2.45) is 0 Å². The van der Waals surface area contributed by atoms with Crippen molar-refractivity contribution in [3.63, 3.8) is 0 Å². The molecule has 3 aliphatic rings. The van der Waals surface area contributed by atoms with Gasteiger partial charge in [-0.1, -0.05) is 0 Å². The van der Waals surface area contributed by atoms with E-state index in [1.54, 1.807) is 0 Å². The Kier molecular flexibility index (Phi) is 2.55. The molecule has 4 atom stereocenters. The summed E-state index contributed by atoms with van der Waals surface area (Å²) in [5.41, 5.74) is 0. The summed E-state index contributed by atoms with van der Waals surface area (Å²) >= 11 is 0. The van der Waals surface area contributed by atoms with Crippen molar-refractivity contribution in [1.82, 2.24) is 0 Å². The molecule has 0 aliphatic carbocycles. The quantitative estimate of drug-likeness (QED) is 0.637. The van der Waals surface area contributed by atoms with E-state index in [2.05, 4.69) is 0 Å². The van der Waals surface area contributed by atoms with E-state index >= 15 is 0 Å². The molecule has 0 unspecified atom stereocenters. The van der Waals surface area contributed by atoms with E-state index in [0.717, 1.165) is 0 Å². The van der Waals surface area contributed by atoms with E-state index in [0.29, 0.717) is 13.2 Å². The van der Waals surface area contributed by atoms with E-state index in [9.17, 15) is 0 Å². The number of fused-ring (bicyclic) bond motifs is 3. The summed E-state index contributed by atoms with van der Waals surface area (Å²) in [5, 5.41) is 0. The largest absolute Gasteiger partial charge is 0.376 e. The smallest absolute Gasteiger partial charge is 0.164 e. The van der Waals surface area contributed by atoms with Crippen LogP contribution in [0.2, 0.25) is 0 Å². The fourth-order valence-corrected chi connectivity index (χ4v) is 2.84. The summed E-state index contributed by atoms with van der Waals surface area (Å²) in [5.74, 6) is -1.15. The third-order valence-electron chi connectivity index (χ3n) is 3.33. The van der Waals surface area contributed by atoms with Gasteiger partial charge in [0.15, 0.2) is 11.6 Å². The van der Waals surface area contributed by atoms with Gasteiger partial charge in [0.1, 0.15) is 24.4 Å². The van der Waals surface area contributed by atoms with Gasteiger partial charge in [-0.2, -0.15) is 0 Å². The third-order valence-corrected chi connectivity index (χ3v) is 3.33. The summed E-state index contributed by atoms with van der Waals surface area (Å²) in [4.78, 5) is 0. The summed E-state index contributed by atoms with van der Waals surface area (Å²) in [6, 6.07) is 0. The lowest BCUT2D eigenvalue weighted by atomic mass is 10.1. The van der Waals surface area contributed by atoms with Crippen molar-refractivity contribution in [1.29, 1.82) is 0 Å². The molecule has 5 nitrogen and oxygen atoms in total. The molecule has 0 radical (unpaired) electrons. The lowest BCUT2D eigenvalue weighted by Gasteiger charge is -2.23. The van der Waals surface area contributed by atoms with Gasteiger partial charge < -0.3 is 23.7 Å². The third kappa shape index (κ3) is 2.11. The first-order valence-electron chi connectivity index (χ1n) is 6.15. The highest BCUT2D eigenvalue weighted by Gasteiger charge is 2.55. The highest BCUT2D eigenvalue weighted by atomic mass is 16.8. The number of rotatable bonds is 0. The van der Waals surface area contributed by atoms with E-state index < -0.39 is 11.6 Å². The van der Waals surface area contributed by atoms with E-state index in [-0.39, 0.29) is 24.4 Å². The molecule has 17 heavy (non-hydrogen) atoms. The van der Waals surface area contributed by atoms with Gasteiger partial charge in [-0.3, -0.25) is 0 Å². The fourth-order valence-electron chi connectivity index (χ4n) is 2.84. The van der Waals surface area contributed by atoms with Crippen LogP contribution in [-0.4, -0.2) is 49.2 Å². The zero-order valence-electron chi connectivity index (χ0n) is 10.8. The van der Waals surface area contributed by atoms with Crippen molar-refractivity contribution < 1.29 is 23.7 Å². The van der Waals surface area contributed by atoms with Gasteiger partial charge in [0.25, 0.3) is 0 Å². The van der Waals surface area contributed by atoms with Gasteiger partial charge in [0.2, 0.25) is 0 Å². The Bertz CT molecular complexity index is 284. The lowest BCUT2D eigenvalue weighted by molar-refractivity contribution is -0.175. The Morgan fingerprint density at radius 1 is 0.706 bits per heavy atom. The van der Waals surface area contributed by atoms with Crippen LogP contribution in [0.25, 0.3) is 0 Å². The van der Waals surface area contributed by atoms with Crippen molar-refractivity contribution in [3.05, 3.63) is 0 Å². The lowest BCUT2D eigenvalue weighted by Crippen LogP contribution is -2.41. The van der Waals surface area contributed by atoms with Crippen molar-refractivity contribution in [3.8, 4) is 0 Å². The van der Waals surface area contributed by atoms with E-state index in [1.807, 2.05) is 27.7 Å². The molecule has 0 saturated carbocycles. The molecule has 0 aromatic heterocycles. The maximum Gasteiger partial charge on any atom is 0.164 e. The normalized spacial score (nSPS) is 47.3.